The van der Waals surface area contributed by atoms with Crippen molar-refractivity contribution in [2.45, 2.75) is 0 Å². The quantitative estimate of drug-likeness (QED) is 0.617. The molecule has 0 saturated heterocycles. The van der Waals surface area contributed by atoms with Gasteiger partial charge in [-0.3, -0.25) is 9.63 Å². The molecule has 0 unspecified atom stereocenters. The second-order valence-electron chi connectivity index (χ2n) is 3.02. The highest BCUT2D eigenvalue weighted by molar-refractivity contribution is 6.35. The predicted octanol–water partition coefficient (Wildman–Crippen LogP) is 3.03. The molecule has 0 aromatic heterocycles. The van der Waals surface area contributed by atoms with E-state index in [2.05, 4.69) is 0 Å². The summed E-state index contributed by atoms with van der Waals surface area (Å²) in [5.74, 6) is -0.270. The summed E-state index contributed by atoms with van der Waals surface area (Å²) in [7, 11) is 2.94. The van der Waals surface area contributed by atoms with Gasteiger partial charge in [-0.25, -0.2) is 5.06 Å². The zero-order valence-electron chi connectivity index (χ0n) is 8.91. The van der Waals surface area contributed by atoms with Crippen LogP contribution < -0.4 is 0 Å². The highest BCUT2D eigenvalue weighted by atomic mass is 35.5. The maximum atomic E-state index is 11.4. The molecule has 0 bridgehead atoms. The lowest BCUT2D eigenvalue weighted by Gasteiger charge is -2.10. The number of nitrogens with zero attached hydrogens (tertiary/aromatic N) is 1. The Labute approximate surface area is 104 Å². The van der Waals surface area contributed by atoms with E-state index < -0.39 is 0 Å². The van der Waals surface area contributed by atoms with Gasteiger partial charge in [0.25, 0.3) is 5.91 Å². The minimum absolute atomic E-state index is 0.270. The van der Waals surface area contributed by atoms with E-state index in [4.69, 9.17) is 28.0 Å². The number of likely N-dealkylation sites (N-methyl/N-ethyl adjacent to an activating group) is 1. The average Bonchev–Trinajstić information content (AvgIpc) is 2.26. The summed E-state index contributed by atoms with van der Waals surface area (Å²) in [5, 5.41) is 2.17. The van der Waals surface area contributed by atoms with E-state index in [1.165, 1.54) is 20.2 Å². The molecule has 5 heteroatoms. The zero-order chi connectivity index (χ0) is 12.1. The first-order valence-electron chi connectivity index (χ1n) is 4.49. The van der Waals surface area contributed by atoms with Crippen molar-refractivity contribution in [3.05, 3.63) is 39.9 Å². The van der Waals surface area contributed by atoms with Crippen molar-refractivity contribution in [3.8, 4) is 0 Å². The van der Waals surface area contributed by atoms with Crippen molar-refractivity contribution in [3.63, 3.8) is 0 Å². The summed E-state index contributed by atoms with van der Waals surface area (Å²) in [6.45, 7) is 0. The molecule has 0 spiro atoms. The van der Waals surface area contributed by atoms with Crippen LogP contribution in [0.2, 0.25) is 10.0 Å². The van der Waals surface area contributed by atoms with Crippen LogP contribution in [0.5, 0.6) is 0 Å². The first kappa shape index (κ1) is 13.0. The summed E-state index contributed by atoms with van der Waals surface area (Å²) < 4.78 is 0. The van der Waals surface area contributed by atoms with Crippen molar-refractivity contribution < 1.29 is 9.63 Å². The summed E-state index contributed by atoms with van der Waals surface area (Å²) in [6.07, 6.45) is 2.98. The van der Waals surface area contributed by atoms with Crippen LogP contribution in [0.3, 0.4) is 0 Å². The van der Waals surface area contributed by atoms with Gasteiger partial charge in [0.1, 0.15) is 0 Å². The minimum atomic E-state index is -0.270. The maximum absolute atomic E-state index is 11.4. The second kappa shape index (κ2) is 5.89. The van der Waals surface area contributed by atoms with E-state index in [1.807, 2.05) is 0 Å². The number of benzene rings is 1. The molecule has 86 valence electrons. The molecule has 0 radical (unpaired) electrons. The molecule has 16 heavy (non-hydrogen) atoms. The Morgan fingerprint density at radius 1 is 1.44 bits per heavy atom. The molecule has 1 aromatic rings. The molecule has 0 atom stereocenters. The molecule has 1 aromatic carbocycles. The molecule has 0 N–H and O–H groups in total. The normalized spacial score (nSPS) is 10.8. The Kier molecular flexibility index (Phi) is 4.80. The maximum Gasteiger partial charge on any atom is 0.269 e. The average molecular weight is 260 g/mol. The highest BCUT2D eigenvalue weighted by Gasteiger charge is 2.03. The van der Waals surface area contributed by atoms with Crippen LogP contribution >= 0.6 is 23.2 Å². The van der Waals surface area contributed by atoms with Crippen molar-refractivity contribution in [2.24, 2.45) is 0 Å². The number of hydrogen-bond acceptors (Lipinski definition) is 2. The van der Waals surface area contributed by atoms with Gasteiger partial charge in [-0.15, -0.1) is 0 Å². The Bertz CT molecular complexity index is 418. The van der Waals surface area contributed by atoms with Crippen LogP contribution in [0.1, 0.15) is 5.56 Å². The predicted molar refractivity (Wildman–Crippen MR) is 65.3 cm³/mol. The number of rotatable bonds is 3. The number of hydroxylamine groups is 2. The van der Waals surface area contributed by atoms with Crippen LogP contribution in [0.25, 0.3) is 6.08 Å². The smallest absolute Gasteiger partial charge is 0.269 e. The van der Waals surface area contributed by atoms with E-state index in [-0.39, 0.29) is 5.91 Å². The van der Waals surface area contributed by atoms with Crippen molar-refractivity contribution in [1.82, 2.24) is 5.06 Å². The lowest BCUT2D eigenvalue weighted by atomic mass is 10.2. The van der Waals surface area contributed by atoms with Gasteiger partial charge in [-0.05, 0) is 23.8 Å². The van der Waals surface area contributed by atoms with Crippen molar-refractivity contribution in [2.75, 3.05) is 14.2 Å². The third-order valence-electron chi connectivity index (χ3n) is 1.95. The van der Waals surface area contributed by atoms with Gasteiger partial charge in [0.05, 0.1) is 7.11 Å². The molecule has 0 aliphatic heterocycles. The molecule has 0 aliphatic rings. The van der Waals surface area contributed by atoms with Gasteiger partial charge in [-0.2, -0.15) is 0 Å². The molecule has 1 rings (SSSR count). The van der Waals surface area contributed by atoms with E-state index in [9.17, 15) is 4.79 Å². The Balaban J connectivity index is 2.80. The first-order chi connectivity index (χ1) is 7.54. The van der Waals surface area contributed by atoms with Crippen molar-refractivity contribution in [1.29, 1.82) is 0 Å². The number of carbonyl (C=O) groups excluding carboxylic acids is 1. The molecule has 0 saturated carbocycles. The molecule has 0 heterocycles. The Hall–Kier alpha value is -1.03. The Morgan fingerprint density at radius 2 is 2.12 bits per heavy atom. The topological polar surface area (TPSA) is 29.5 Å². The summed E-state index contributed by atoms with van der Waals surface area (Å²) in [5.41, 5.74) is 0.726. The van der Waals surface area contributed by atoms with Gasteiger partial charge >= 0.3 is 0 Å². The van der Waals surface area contributed by atoms with Crippen molar-refractivity contribution >= 4 is 35.2 Å². The van der Waals surface area contributed by atoms with Crippen LogP contribution in [-0.2, 0) is 9.63 Å². The lowest BCUT2D eigenvalue weighted by Crippen LogP contribution is -2.22. The van der Waals surface area contributed by atoms with Gasteiger partial charge in [-0.1, -0.05) is 29.3 Å². The van der Waals surface area contributed by atoms with Crippen LogP contribution in [0.15, 0.2) is 24.3 Å². The van der Waals surface area contributed by atoms with Crippen LogP contribution in [0, 0.1) is 0 Å². The van der Waals surface area contributed by atoms with Gasteiger partial charge in [0.2, 0.25) is 0 Å². The Morgan fingerprint density at radius 3 is 2.69 bits per heavy atom. The summed E-state index contributed by atoms with van der Waals surface area (Å²) in [4.78, 5) is 16.1. The fraction of sp³-hybridized carbons (Fsp3) is 0.182. The lowest BCUT2D eigenvalue weighted by molar-refractivity contribution is -0.162. The molecular weight excluding hydrogens is 249 g/mol. The summed E-state index contributed by atoms with van der Waals surface area (Å²) >= 11 is 11.7. The van der Waals surface area contributed by atoms with Crippen LogP contribution in [-0.4, -0.2) is 25.1 Å². The SMILES string of the molecule is CON(C)C(=O)/C=C/c1ccc(Cl)cc1Cl. The second-order valence-corrected chi connectivity index (χ2v) is 3.86. The van der Waals surface area contributed by atoms with E-state index in [0.717, 1.165) is 10.6 Å². The zero-order valence-corrected chi connectivity index (χ0v) is 10.4. The van der Waals surface area contributed by atoms with Gasteiger partial charge < -0.3 is 0 Å². The molecule has 0 aliphatic carbocycles. The molecular formula is C11H11Cl2NO2. The molecule has 1 amide bonds. The largest absolute Gasteiger partial charge is 0.274 e. The highest BCUT2D eigenvalue weighted by Crippen LogP contribution is 2.21. The van der Waals surface area contributed by atoms with Gasteiger partial charge in [0.15, 0.2) is 0 Å². The number of hydrogen-bond donors (Lipinski definition) is 0. The van der Waals surface area contributed by atoms with E-state index >= 15 is 0 Å². The van der Waals surface area contributed by atoms with E-state index in [0.29, 0.717) is 10.0 Å². The number of amides is 1. The third kappa shape index (κ3) is 3.52. The third-order valence-corrected chi connectivity index (χ3v) is 2.51. The standard InChI is InChI=1S/C11H11Cl2NO2/c1-14(16-2)11(15)6-4-8-3-5-9(12)7-10(8)13/h3-7H,1-2H3/b6-4+. The number of halogens is 2. The van der Waals surface area contributed by atoms with Gasteiger partial charge in [0, 0.05) is 23.2 Å². The summed E-state index contributed by atoms with van der Waals surface area (Å²) in [6, 6.07) is 5.06. The molecule has 0 fully saturated rings. The first-order valence-corrected chi connectivity index (χ1v) is 5.25. The molecule has 3 nitrogen and oxygen atoms in total. The monoisotopic (exact) mass is 259 g/mol. The minimum Gasteiger partial charge on any atom is -0.274 e. The van der Waals surface area contributed by atoms with E-state index in [1.54, 1.807) is 24.3 Å². The van der Waals surface area contributed by atoms with Crippen LogP contribution in [0.4, 0.5) is 0 Å². The number of carbonyl (C=O) groups is 1. The fourth-order valence-electron chi connectivity index (χ4n) is 0.993. The fourth-order valence-corrected chi connectivity index (χ4v) is 1.46.